The first-order valence-corrected chi connectivity index (χ1v) is 7.45. The maximum atomic E-state index is 11.8. The lowest BCUT2D eigenvalue weighted by molar-refractivity contribution is -0.144. The van der Waals surface area contributed by atoms with Gasteiger partial charge in [0.05, 0.1) is 12.5 Å². The van der Waals surface area contributed by atoms with E-state index >= 15 is 0 Å². The highest BCUT2D eigenvalue weighted by molar-refractivity contribution is 5.84. The van der Waals surface area contributed by atoms with Crippen LogP contribution in [0.1, 0.15) is 33.1 Å². The first-order chi connectivity index (χ1) is 9.88. The van der Waals surface area contributed by atoms with Gasteiger partial charge in [-0.2, -0.15) is 0 Å². The summed E-state index contributed by atoms with van der Waals surface area (Å²) < 4.78 is 0. The molecule has 0 aromatic carbocycles. The Hall–Kier alpha value is -1.79. The van der Waals surface area contributed by atoms with Gasteiger partial charge in [-0.3, -0.25) is 9.59 Å². The molecule has 0 aliphatic heterocycles. The van der Waals surface area contributed by atoms with E-state index in [2.05, 4.69) is 16.0 Å². The van der Waals surface area contributed by atoms with E-state index in [9.17, 15) is 19.5 Å². The third kappa shape index (κ3) is 3.65. The third-order valence-corrected chi connectivity index (χ3v) is 4.36. The molecule has 2 fully saturated rings. The molecular formula is C14H23N3O4. The number of carboxylic acids is 1. The Morgan fingerprint density at radius 3 is 2.48 bits per heavy atom. The molecule has 4 atom stereocenters. The summed E-state index contributed by atoms with van der Waals surface area (Å²) in [7, 11) is 0. The second-order valence-electron chi connectivity index (χ2n) is 6.27. The molecule has 118 valence electrons. The zero-order valence-corrected chi connectivity index (χ0v) is 12.4. The van der Waals surface area contributed by atoms with Gasteiger partial charge in [0, 0.05) is 12.1 Å². The summed E-state index contributed by atoms with van der Waals surface area (Å²) >= 11 is 0. The predicted octanol–water partition coefficient (Wildman–Crippen LogP) is 0.310. The summed E-state index contributed by atoms with van der Waals surface area (Å²) in [4.78, 5) is 34.6. The van der Waals surface area contributed by atoms with Gasteiger partial charge in [-0.1, -0.05) is 0 Å². The molecule has 0 aromatic rings. The van der Waals surface area contributed by atoms with Crippen molar-refractivity contribution in [2.75, 3.05) is 6.54 Å². The number of fused-ring (bicyclic) bond motifs is 2. The number of carboxylic acid groups (broad SMARTS) is 1. The molecule has 7 nitrogen and oxygen atoms in total. The van der Waals surface area contributed by atoms with Crippen LogP contribution in [-0.2, 0) is 9.59 Å². The monoisotopic (exact) mass is 297 g/mol. The highest BCUT2D eigenvalue weighted by Crippen LogP contribution is 2.48. The van der Waals surface area contributed by atoms with Crippen LogP contribution in [0.3, 0.4) is 0 Å². The minimum atomic E-state index is -0.843. The lowest BCUT2D eigenvalue weighted by Gasteiger charge is -2.28. The average Bonchev–Trinajstić information content (AvgIpc) is 2.96. The number of hydrogen-bond acceptors (Lipinski definition) is 3. The molecule has 4 unspecified atom stereocenters. The molecule has 2 aliphatic carbocycles. The summed E-state index contributed by atoms with van der Waals surface area (Å²) in [6, 6.07) is -0.781. The van der Waals surface area contributed by atoms with Crippen molar-refractivity contribution < 1.29 is 19.5 Å². The standard InChI is InChI=1S/C14H23N3O4/c1-7(2)16-10(18)6-15-14(21)17-12-9-4-3-8(5-9)11(12)13(19)20/h7-9,11-12H,3-6H2,1-2H3,(H,16,18)(H,19,20)(H2,15,17,21). The minimum absolute atomic E-state index is 0.0179. The zero-order valence-electron chi connectivity index (χ0n) is 12.4. The molecule has 0 radical (unpaired) electrons. The summed E-state index contributed by atoms with van der Waals surface area (Å²) in [6.07, 6.45) is 2.77. The molecule has 7 heteroatoms. The van der Waals surface area contributed by atoms with Crippen LogP contribution in [0.25, 0.3) is 0 Å². The van der Waals surface area contributed by atoms with Crippen LogP contribution in [0.15, 0.2) is 0 Å². The maximum Gasteiger partial charge on any atom is 0.315 e. The second kappa shape index (κ2) is 6.32. The molecule has 0 aromatic heterocycles. The van der Waals surface area contributed by atoms with Crippen molar-refractivity contribution in [2.45, 2.75) is 45.2 Å². The van der Waals surface area contributed by atoms with Crippen LogP contribution in [0.4, 0.5) is 4.79 Å². The van der Waals surface area contributed by atoms with Crippen molar-refractivity contribution in [1.29, 1.82) is 0 Å². The van der Waals surface area contributed by atoms with Crippen LogP contribution in [0, 0.1) is 17.8 Å². The average molecular weight is 297 g/mol. The molecule has 3 amide bonds. The van der Waals surface area contributed by atoms with Crippen molar-refractivity contribution in [1.82, 2.24) is 16.0 Å². The van der Waals surface area contributed by atoms with E-state index in [0.29, 0.717) is 0 Å². The summed E-state index contributed by atoms with van der Waals surface area (Å²) in [5.41, 5.74) is 0. The Bertz CT molecular complexity index is 438. The third-order valence-electron chi connectivity index (χ3n) is 4.36. The van der Waals surface area contributed by atoms with E-state index in [1.54, 1.807) is 0 Å². The number of hydrogen-bond donors (Lipinski definition) is 4. The van der Waals surface area contributed by atoms with Gasteiger partial charge in [0.15, 0.2) is 0 Å². The Morgan fingerprint density at radius 1 is 1.19 bits per heavy atom. The van der Waals surface area contributed by atoms with Crippen molar-refractivity contribution in [3.05, 3.63) is 0 Å². The van der Waals surface area contributed by atoms with Crippen LogP contribution >= 0.6 is 0 Å². The largest absolute Gasteiger partial charge is 0.481 e. The van der Waals surface area contributed by atoms with Gasteiger partial charge in [0.25, 0.3) is 0 Å². The lowest BCUT2D eigenvalue weighted by atomic mass is 9.84. The predicted molar refractivity (Wildman–Crippen MR) is 75.6 cm³/mol. The van der Waals surface area contributed by atoms with Gasteiger partial charge in [-0.15, -0.1) is 0 Å². The van der Waals surface area contributed by atoms with Crippen molar-refractivity contribution >= 4 is 17.9 Å². The van der Waals surface area contributed by atoms with Gasteiger partial charge in [0.2, 0.25) is 5.91 Å². The summed E-state index contributed by atoms with van der Waals surface area (Å²) in [5, 5.41) is 17.2. The highest BCUT2D eigenvalue weighted by Gasteiger charge is 2.51. The molecule has 2 bridgehead atoms. The second-order valence-corrected chi connectivity index (χ2v) is 6.27. The van der Waals surface area contributed by atoms with Gasteiger partial charge in [0.1, 0.15) is 0 Å². The zero-order chi connectivity index (χ0) is 15.6. The fourth-order valence-corrected chi connectivity index (χ4v) is 3.59. The SMILES string of the molecule is CC(C)NC(=O)CNC(=O)NC1C2CCC(C2)C1C(=O)O. The van der Waals surface area contributed by atoms with Crippen LogP contribution < -0.4 is 16.0 Å². The first kappa shape index (κ1) is 15.6. The lowest BCUT2D eigenvalue weighted by Crippen LogP contribution is -2.51. The van der Waals surface area contributed by atoms with Crippen molar-refractivity contribution in [3.63, 3.8) is 0 Å². The molecule has 2 rings (SSSR count). The fourth-order valence-electron chi connectivity index (χ4n) is 3.59. The molecule has 2 aliphatic rings. The van der Waals surface area contributed by atoms with E-state index in [1.165, 1.54) is 0 Å². The van der Waals surface area contributed by atoms with Crippen molar-refractivity contribution in [3.8, 4) is 0 Å². The van der Waals surface area contributed by atoms with Crippen molar-refractivity contribution in [2.24, 2.45) is 17.8 Å². The van der Waals surface area contributed by atoms with Crippen LogP contribution in [0.2, 0.25) is 0 Å². The number of amides is 3. The van der Waals surface area contributed by atoms with Crippen LogP contribution in [0.5, 0.6) is 0 Å². The van der Waals surface area contributed by atoms with Gasteiger partial charge >= 0.3 is 12.0 Å². The van der Waals surface area contributed by atoms with E-state index in [1.807, 2.05) is 13.8 Å². The topological polar surface area (TPSA) is 108 Å². The summed E-state index contributed by atoms with van der Waals surface area (Å²) in [5.74, 6) is -1.19. The smallest absolute Gasteiger partial charge is 0.315 e. The number of nitrogens with one attached hydrogen (secondary N) is 3. The minimum Gasteiger partial charge on any atom is -0.481 e. The van der Waals surface area contributed by atoms with Gasteiger partial charge in [-0.25, -0.2) is 4.79 Å². The molecule has 4 N–H and O–H groups in total. The number of carbonyl (C=O) groups excluding carboxylic acids is 2. The molecule has 0 saturated heterocycles. The molecular weight excluding hydrogens is 274 g/mol. The fraction of sp³-hybridized carbons (Fsp3) is 0.786. The van der Waals surface area contributed by atoms with Gasteiger partial charge < -0.3 is 21.1 Å². The first-order valence-electron chi connectivity index (χ1n) is 7.45. The number of urea groups is 1. The molecule has 0 spiro atoms. The quantitative estimate of drug-likeness (QED) is 0.585. The van der Waals surface area contributed by atoms with Crippen LogP contribution in [-0.4, -0.2) is 41.6 Å². The Kier molecular flexibility index (Phi) is 4.69. The number of aliphatic carboxylic acids is 1. The van der Waals surface area contributed by atoms with E-state index < -0.39 is 17.9 Å². The Balaban J connectivity index is 1.82. The molecule has 0 heterocycles. The number of carbonyl (C=O) groups is 3. The highest BCUT2D eigenvalue weighted by atomic mass is 16.4. The molecule has 21 heavy (non-hydrogen) atoms. The van der Waals surface area contributed by atoms with E-state index in [0.717, 1.165) is 19.3 Å². The normalized spacial score (nSPS) is 30.2. The summed E-state index contributed by atoms with van der Waals surface area (Å²) in [6.45, 7) is 3.57. The van der Waals surface area contributed by atoms with Gasteiger partial charge in [-0.05, 0) is 44.9 Å². The van der Waals surface area contributed by atoms with E-state index in [-0.39, 0.29) is 36.4 Å². The van der Waals surface area contributed by atoms with E-state index in [4.69, 9.17) is 0 Å². The molecule has 2 saturated carbocycles. The maximum absolute atomic E-state index is 11.8. The Labute approximate surface area is 123 Å². The Morgan fingerprint density at radius 2 is 1.86 bits per heavy atom. The number of rotatable bonds is 5.